The number of H-pyrrole nitrogens is 1. The summed E-state index contributed by atoms with van der Waals surface area (Å²) in [6.45, 7) is 6.42. The molecule has 1 N–H and O–H groups in total. The molecule has 1 heterocycles. The van der Waals surface area contributed by atoms with Crippen LogP contribution in [-0.2, 0) is 0 Å². The molecule has 2 aromatic rings. The van der Waals surface area contributed by atoms with E-state index in [1.807, 2.05) is 18.2 Å². The second kappa shape index (κ2) is 4.77. The maximum absolute atomic E-state index is 12.2. The number of aromatic nitrogens is 1. The maximum atomic E-state index is 12.2. The molecule has 0 aliphatic heterocycles. The van der Waals surface area contributed by atoms with E-state index in [1.54, 1.807) is 6.20 Å². The van der Waals surface area contributed by atoms with Gasteiger partial charge in [0.1, 0.15) is 0 Å². The third-order valence-corrected chi connectivity index (χ3v) is 3.37. The van der Waals surface area contributed by atoms with Crippen LogP contribution in [0.5, 0.6) is 0 Å². The minimum absolute atomic E-state index is 0.157. The van der Waals surface area contributed by atoms with E-state index in [0.717, 1.165) is 17.3 Å². The van der Waals surface area contributed by atoms with E-state index in [0.29, 0.717) is 17.0 Å². The van der Waals surface area contributed by atoms with Crippen molar-refractivity contribution in [1.82, 2.24) is 4.98 Å². The highest BCUT2D eigenvalue weighted by Crippen LogP contribution is 2.29. The van der Waals surface area contributed by atoms with Crippen molar-refractivity contribution >= 4 is 28.3 Å². The van der Waals surface area contributed by atoms with Crippen molar-refractivity contribution < 1.29 is 4.79 Å². The second-order valence-corrected chi connectivity index (χ2v) is 6.26. The molecule has 0 atom stereocenters. The van der Waals surface area contributed by atoms with Gasteiger partial charge in [-0.1, -0.05) is 38.4 Å². The van der Waals surface area contributed by atoms with E-state index < -0.39 is 0 Å². The average Bonchev–Trinajstić information content (AvgIpc) is 2.70. The fourth-order valence-electron chi connectivity index (χ4n) is 1.98. The van der Waals surface area contributed by atoms with Gasteiger partial charge in [0, 0.05) is 29.1 Å². The maximum Gasteiger partial charge on any atom is 0.165 e. The van der Waals surface area contributed by atoms with Gasteiger partial charge in [-0.25, -0.2) is 0 Å². The van der Waals surface area contributed by atoms with Crippen molar-refractivity contribution in [3.63, 3.8) is 0 Å². The molecule has 0 amide bonds. The average molecular weight is 264 g/mol. The zero-order valence-corrected chi connectivity index (χ0v) is 11.8. The highest BCUT2D eigenvalue weighted by molar-refractivity contribution is 6.36. The summed E-state index contributed by atoms with van der Waals surface area (Å²) in [5, 5.41) is 1.48. The summed E-state index contributed by atoms with van der Waals surface area (Å²) in [4.78, 5) is 15.3. The fraction of sp³-hybridized carbons (Fsp3) is 0.400. The predicted octanol–water partition coefficient (Wildman–Crippen LogP) is 4.83. The molecule has 96 valence electrons. The molecule has 0 fully saturated rings. The van der Waals surface area contributed by atoms with E-state index in [9.17, 15) is 4.79 Å². The molecule has 18 heavy (non-hydrogen) atoms. The van der Waals surface area contributed by atoms with Crippen molar-refractivity contribution in [1.29, 1.82) is 0 Å². The first-order valence-corrected chi connectivity index (χ1v) is 6.55. The van der Waals surface area contributed by atoms with Gasteiger partial charge in [-0.3, -0.25) is 4.79 Å². The van der Waals surface area contributed by atoms with Crippen molar-refractivity contribution in [3.8, 4) is 0 Å². The number of carbonyl (C=O) groups is 1. The Bertz CT molecular complexity index is 578. The van der Waals surface area contributed by atoms with Gasteiger partial charge < -0.3 is 4.98 Å². The van der Waals surface area contributed by atoms with Gasteiger partial charge in [-0.05, 0) is 24.0 Å². The fourth-order valence-corrected chi connectivity index (χ4v) is 2.26. The van der Waals surface area contributed by atoms with Crippen LogP contribution in [0.15, 0.2) is 24.4 Å². The van der Waals surface area contributed by atoms with Crippen LogP contribution in [0.25, 0.3) is 10.9 Å². The van der Waals surface area contributed by atoms with Gasteiger partial charge in [0.05, 0.1) is 5.02 Å². The van der Waals surface area contributed by atoms with Gasteiger partial charge in [0.2, 0.25) is 0 Å². The number of Topliss-reactive ketones (excluding diaryl/α,β-unsaturated/α-hetero) is 1. The van der Waals surface area contributed by atoms with Crippen LogP contribution in [0.2, 0.25) is 5.02 Å². The largest absolute Gasteiger partial charge is 0.360 e. The van der Waals surface area contributed by atoms with Crippen molar-refractivity contribution in [2.45, 2.75) is 33.6 Å². The summed E-state index contributed by atoms with van der Waals surface area (Å²) in [7, 11) is 0. The van der Waals surface area contributed by atoms with E-state index in [-0.39, 0.29) is 11.2 Å². The number of aromatic amines is 1. The number of fused-ring (bicyclic) bond motifs is 1. The van der Waals surface area contributed by atoms with Crippen LogP contribution >= 0.6 is 11.6 Å². The van der Waals surface area contributed by atoms with E-state index in [1.165, 1.54) is 0 Å². The molecule has 0 saturated heterocycles. The Morgan fingerprint density at radius 2 is 2.06 bits per heavy atom. The Balaban J connectivity index is 2.29. The van der Waals surface area contributed by atoms with Gasteiger partial charge in [0.15, 0.2) is 5.78 Å². The number of benzene rings is 1. The molecule has 0 saturated carbocycles. The highest BCUT2D eigenvalue weighted by atomic mass is 35.5. The first kappa shape index (κ1) is 13.2. The molecule has 0 bridgehead atoms. The monoisotopic (exact) mass is 263 g/mol. The summed E-state index contributed by atoms with van der Waals surface area (Å²) in [5.41, 5.74) is 1.80. The number of hydrogen-bond acceptors (Lipinski definition) is 1. The summed E-state index contributed by atoms with van der Waals surface area (Å²) < 4.78 is 0. The van der Waals surface area contributed by atoms with Gasteiger partial charge in [-0.2, -0.15) is 0 Å². The molecule has 1 aromatic heterocycles. The molecule has 0 aliphatic carbocycles. The Morgan fingerprint density at radius 3 is 2.72 bits per heavy atom. The summed E-state index contributed by atoms with van der Waals surface area (Å²) in [5.74, 6) is 0.157. The molecule has 3 heteroatoms. The van der Waals surface area contributed by atoms with E-state index in [2.05, 4.69) is 25.8 Å². The topological polar surface area (TPSA) is 32.9 Å². The lowest BCUT2D eigenvalue weighted by Gasteiger charge is -2.16. The van der Waals surface area contributed by atoms with E-state index >= 15 is 0 Å². The number of rotatable bonds is 3. The van der Waals surface area contributed by atoms with Crippen molar-refractivity contribution in [3.05, 3.63) is 35.0 Å². The number of halogens is 1. The summed E-state index contributed by atoms with van der Waals surface area (Å²) >= 11 is 6.17. The zero-order chi connectivity index (χ0) is 13.3. The van der Waals surface area contributed by atoms with Crippen LogP contribution in [0.1, 0.15) is 44.0 Å². The van der Waals surface area contributed by atoms with Crippen LogP contribution in [0.4, 0.5) is 0 Å². The van der Waals surface area contributed by atoms with Gasteiger partial charge in [-0.15, -0.1) is 0 Å². The quantitative estimate of drug-likeness (QED) is 0.791. The van der Waals surface area contributed by atoms with Crippen LogP contribution < -0.4 is 0 Å². The van der Waals surface area contributed by atoms with Crippen LogP contribution in [0, 0.1) is 5.41 Å². The third-order valence-electron chi connectivity index (χ3n) is 3.06. The summed E-state index contributed by atoms with van der Waals surface area (Å²) in [6.07, 6.45) is 3.20. The van der Waals surface area contributed by atoms with Gasteiger partial charge in [0.25, 0.3) is 0 Å². The standard InChI is InChI=1S/C15H18ClNO/c1-15(2,3)8-7-13(18)10-9-17-12-6-4-5-11(16)14(10)12/h4-6,9,17H,7-8H2,1-3H3. The first-order valence-electron chi connectivity index (χ1n) is 6.17. The van der Waals surface area contributed by atoms with Crippen molar-refractivity contribution in [2.24, 2.45) is 5.41 Å². The molecular weight excluding hydrogens is 246 g/mol. The number of hydrogen-bond donors (Lipinski definition) is 1. The molecular formula is C15H18ClNO. The molecule has 0 spiro atoms. The van der Waals surface area contributed by atoms with Crippen LogP contribution in [-0.4, -0.2) is 10.8 Å². The predicted molar refractivity (Wildman–Crippen MR) is 76.3 cm³/mol. The smallest absolute Gasteiger partial charge is 0.165 e. The third kappa shape index (κ3) is 2.75. The normalized spacial score (nSPS) is 12.0. The number of carbonyl (C=O) groups excluding carboxylic acids is 1. The Kier molecular flexibility index (Phi) is 3.49. The lowest BCUT2D eigenvalue weighted by molar-refractivity contribution is 0.0967. The van der Waals surface area contributed by atoms with E-state index in [4.69, 9.17) is 11.6 Å². The first-order chi connectivity index (χ1) is 8.38. The van der Waals surface area contributed by atoms with Crippen LogP contribution in [0.3, 0.4) is 0 Å². The lowest BCUT2D eigenvalue weighted by atomic mass is 9.88. The zero-order valence-electron chi connectivity index (χ0n) is 11.0. The van der Waals surface area contributed by atoms with Crippen molar-refractivity contribution in [2.75, 3.05) is 0 Å². The Morgan fingerprint density at radius 1 is 1.33 bits per heavy atom. The Labute approximate surface area is 112 Å². The van der Waals surface area contributed by atoms with Gasteiger partial charge >= 0.3 is 0 Å². The number of nitrogens with one attached hydrogen (secondary N) is 1. The molecule has 0 unspecified atom stereocenters. The Hall–Kier alpha value is -1.28. The number of ketones is 1. The molecule has 1 aromatic carbocycles. The summed E-state index contributed by atoms with van der Waals surface area (Å²) in [6, 6.07) is 5.63. The minimum Gasteiger partial charge on any atom is -0.360 e. The molecule has 2 nitrogen and oxygen atoms in total. The molecule has 0 aliphatic rings. The highest BCUT2D eigenvalue weighted by Gasteiger charge is 2.17. The molecule has 2 rings (SSSR count). The SMILES string of the molecule is CC(C)(C)CCC(=O)c1c[nH]c2cccc(Cl)c12. The molecule has 0 radical (unpaired) electrons. The minimum atomic E-state index is 0.157. The second-order valence-electron chi connectivity index (χ2n) is 5.85. The lowest BCUT2D eigenvalue weighted by Crippen LogP contribution is -2.08.